The number of imidazole rings is 1. The van der Waals surface area contributed by atoms with Crippen molar-refractivity contribution in [1.82, 2.24) is 23.0 Å². The predicted octanol–water partition coefficient (Wildman–Crippen LogP) is 5.20. The van der Waals surface area contributed by atoms with E-state index >= 15 is 0 Å². The van der Waals surface area contributed by atoms with Crippen molar-refractivity contribution < 1.29 is 9.21 Å². The first kappa shape index (κ1) is 22.4. The minimum atomic E-state index is 0.148. The van der Waals surface area contributed by atoms with Crippen molar-refractivity contribution in [3.05, 3.63) is 65.6 Å². The van der Waals surface area contributed by atoms with Gasteiger partial charge in [-0.2, -0.15) is 4.98 Å². The second-order valence-corrected chi connectivity index (χ2v) is 9.20. The lowest BCUT2D eigenvalue weighted by Gasteiger charge is -2.31. The van der Waals surface area contributed by atoms with E-state index in [-0.39, 0.29) is 5.91 Å². The highest BCUT2D eigenvalue weighted by Crippen LogP contribution is 2.29. The molecule has 0 saturated carbocycles. The van der Waals surface area contributed by atoms with Crippen LogP contribution in [0.4, 0.5) is 0 Å². The number of aryl methyl sites for hydroxylation is 1. The average Bonchev–Trinajstić information content (AvgIpc) is 3.47. The molecule has 5 rings (SSSR count). The lowest BCUT2D eigenvalue weighted by Crippen LogP contribution is -2.42. The van der Waals surface area contributed by atoms with Gasteiger partial charge in [0.15, 0.2) is 0 Å². The second kappa shape index (κ2) is 9.82. The van der Waals surface area contributed by atoms with Gasteiger partial charge in [0.1, 0.15) is 17.8 Å². The Morgan fingerprint density at radius 1 is 1.15 bits per heavy atom. The summed E-state index contributed by atoms with van der Waals surface area (Å²) < 4.78 is 11.3. The van der Waals surface area contributed by atoms with Gasteiger partial charge in [0.05, 0.1) is 11.0 Å². The Morgan fingerprint density at radius 3 is 2.67 bits per heavy atom. The summed E-state index contributed by atoms with van der Waals surface area (Å²) in [6.45, 7) is 1.57. The van der Waals surface area contributed by atoms with Crippen molar-refractivity contribution in [2.75, 3.05) is 13.1 Å². The molecule has 2 aromatic carbocycles. The lowest BCUT2D eigenvalue weighted by atomic mass is 10.0. The first-order valence-corrected chi connectivity index (χ1v) is 12.4. The fraction of sp³-hybridized carbons (Fsp3) is 0.292. The van der Waals surface area contributed by atoms with Crippen molar-refractivity contribution >= 4 is 51.4 Å². The van der Waals surface area contributed by atoms with Gasteiger partial charge < -0.3 is 9.32 Å². The highest BCUT2D eigenvalue weighted by Gasteiger charge is 2.24. The van der Waals surface area contributed by atoms with Crippen molar-refractivity contribution in [3.63, 3.8) is 0 Å². The minimum Gasteiger partial charge on any atom is -0.427 e. The summed E-state index contributed by atoms with van der Waals surface area (Å²) in [6.07, 6.45) is 4.52. The van der Waals surface area contributed by atoms with Gasteiger partial charge in [-0.15, -0.1) is 0 Å². The molecule has 1 N–H and O–H groups in total. The summed E-state index contributed by atoms with van der Waals surface area (Å²) in [5, 5.41) is 0.657. The number of hydrogen-bond donors (Lipinski definition) is 1. The van der Waals surface area contributed by atoms with E-state index in [0.717, 1.165) is 48.2 Å². The zero-order valence-electron chi connectivity index (χ0n) is 17.9. The molecule has 7 nitrogen and oxygen atoms in total. The maximum Gasteiger partial charge on any atom is 0.308 e. The van der Waals surface area contributed by atoms with Gasteiger partial charge >= 0.3 is 6.01 Å². The normalized spacial score (nSPS) is 14.8. The molecule has 0 radical (unpaired) electrons. The van der Waals surface area contributed by atoms with Crippen molar-refractivity contribution in [1.29, 1.82) is 0 Å². The van der Waals surface area contributed by atoms with Crippen LogP contribution in [0.3, 0.4) is 0 Å². The van der Waals surface area contributed by atoms with E-state index in [4.69, 9.17) is 21.0 Å². The number of halogens is 2. The molecular formula is C24H23ClIN5O2. The summed E-state index contributed by atoms with van der Waals surface area (Å²) in [7, 11) is 0. The number of likely N-dealkylation sites (tertiary alicyclic amines) is 1. The fourth-order valence-electron chi connectivity index (χ4n) is 4.17. The Morgan fingerprint density at radius 2 is 1.91 bits per heavy atom. The number of piperidine rings is 1. The molecule has 1 aliphatic rings. The van der Waals surface area contributed by atoms with Gasteiger partial charge in [0, 0.05) is 65.4 Å². The van der Waals surface area contributed by atoms with E-state index in [9.17, 15) is 4.79 Å². The zero-order valence-corrected chi connectivity index (χ0v) is 20.8. The number of nitrogens with one attached hydrogen (secondary N) is 1. The van der Waals surface area contributed by atoms with Gasteiger partial charge in [-0.1, -0.05) is 35.9 Å². The largest absolute Gasteiger partial charge is 0.427 e. The van der Waals surface area contributed by atoms with Gasteiger partial charge in [-0.3, -0.25) is 12.9 Å². The Hall–Kier alpha value is -2.43. The Labute approximate surface area is 210 Å². The van der Waals surface area contributed by atoms with E-state index in [1.165, 1.54) is 0 Å². The molecule has 3 heterocycles. The number of benzene rings is 2. The second-order valence-electron chi connectivity index (χ2n) is 8.14. The van der Waals surface area contributed by atoms with Crippen molar-refractivity contribution in [2.24, 2.45) is 0 Å². The number of oxazole rings is 1. The molecule has 0 unspecified atom stereocenters. The SMILES string of the molecule is O=C(CCc1oc(-n2cnc3ccccc32)nc1-c1ccc(Cl)cc1)N1CCC(NI)CC1. The van der Waals surface area contributed by atoms with Gasteiger partial charge in [0.25, 0.3) is 0 Å². The number of rotatable bonds is 6. The number of carbonyl (C=O) groups excluding carboxylic acids is 1. The van der Waals surface area contributed by atoms with Crippen LogP contribution in [0, 0.1) is 0 Å². The van der Waals surface area contributed by atoms with Crippen molar-refractivity contribution in [2.45, 2.75) is 31.7 Å². The number of amides is 1. The van der Waals surface area contributed by atoms with Crippen LogP contribution >= 0.6 is 34.5 Å². The first-order chi connectivity index (χ1) is 16.1. The summed E-state index contributed by atoms with van der Waals surface area (Å²) in [6, 6.07) is 16.3. The summed E-state index contributed by atoms with van der Waals surface area (Å²) in [5.74, 6) is 0.831. The molecule has 0 spiro atoms. The van der Waals surface area contributed by atoms with E-state index in [1.54, 1.807) is 6.33 Å². The highest BCUT2D eigenvalue weighted by atomic mass is 127. The number of carbonyl (C=O) groups is 1. The summed E-state index contributed by atoms with van der Waals surface area (Å²) in [5.41, 5.74) is 3.40. The maximum atomic E-state index is 12.9. The van der Waals surface area contributed by atoms with Crippen LogP contribution in [0.1, 0.15) is 25.0 Å². The van der Waals surface area contributed by atoms with Crippen LogP contribution in [0.25, 0.3) is 28.3 Å². The molecule has 1 aliphatic heterocycles. The molecule has 0 aliphatic carbocycles. The quantitative estimate of drug-likeness (QED) is 0.253. The molecule has 0 bridgehead atoms. The van der Waals surface area contributed by atoms with Gasteiger partial charge in [-0.05, 0) is 37.1 Å². The van der Waals surface area contributed by atoms with E-state index in [1.807, 2.05) is 58.0 Å². The third-order valence-electron chi connectivity index (χ3n) is 6.03. The van der Waals surface area contributed by atoms with Gasteiger partial charge in [0.2, 0.25) is 5.91 Å². The zero-order chi connectivity index (χ0) is 22.8. The van der Waals surface area contributed by atoms with Crippen LogP contribution in [0.15, 0.2) is 59.3 Å². The topological polar surface area (TPSA) is 76.2 Å². The van der Waals surface area contributed by atoms with E-state index in [0.29, 0.717) is 35.7 Å². The number of para-hydroxylation sites is 2. The van der Waals surface area contributed by atoms with Crippen LogP contribution in [-0.4, -0.2) is 44.5 Å². The monoisotopic (exact) mass is 575 g/mol. The number of fused-ring (bicyclic) bond motifs is 1. The van der Waals surface area contributed by atoms with Gasteiger partial charge in [-0.25, -0.2) is 4.98 Å². The Balaban J connectivity index is 1.42. The average molecular weight is 576 g/mol. The molecule has 33 heavy (non-hydrogen) atoms. The minimum absolute atomic E-state index is 0.148. The third-order valence-corrected chi connectivity index (χ3v) is 7.16. The lowest BCUT2D eigenvalue weighted by molar-refractivity contribution is -0.132. The molecular weight excluding hydrogens is 553 g/mol. The molecule has 1 amide bonds. The van der Waals surface area contributed by atoms with Crippen molar-refractivity contribution in [3.8, 4) is 17.3 Å². The number of hydrogen-bond acceptors (Lipinski definition) is 5. The summed E-state index contributed by atoms with van der Waals surface area (Å²) >= 11 is 8.28. The molecule has 1 fully saturated rings. The maximum absolute atomic E-state index is 12.9. The summed E-state index contributed by atoms with van der Waals surface area (Å²) in [4.78, 5) is 24.1. The Bertz CT molecular complexity index is 1260. The van der Waals surface area contributed by atoms with Crippen LogP contribution in [0.2, 0.25) is 5.02 Å². The third kappa shape index (κ3) is 4.78. The molecule has 0 atom stereocenters. The van der Waals surface area contributed by atoms with E-state index < -0.39 is 0 Å². The Kier molecular flexibility index (Phi) is 6.66. The van der Waals surface area contributed by atoms with Crippen LogP contribution < -0.4 is 3.53 Å². The number of aromatic nitrogens is 3. The smallest absolute Gasteiger partial charge is 0.308 e. The molecule has 9 heteroatoms. The van der Waals surface area contributed by atoms with Crippen LogP contribution in [-0.2, 0) is 11.2 Å². The van der Waals surface area contributed by atoms with Crippen LogP contribution in [0.5, 0.6) is 0 Å². The molecule has 4 aromatic rings. The molecule has 2 aromatic heterocycles. The van der Waals surface area contributed by atoms with E-state index in [2.05, 4.69) is 31.4 Å². The standard InChI is InChI=1S/C24H23ClIN5O2/c25-17-7-5-16(6-8-17)23-21(9-10-22(32)30-13-11-18(29-26)12-14-30)33-24(28-23)31-15-27-19-3-1-2-4-20(19)31/h1-8,15,18,29H,9-14H2. The fourth-order valence-corrected chi connectivity index (χ4v) is 4.92. The first-order valence-electron chi connectivity index (χ1n) is 10.9. The number of nitrogens with zero attached hydrogens (tertiary/aromatic N) is 4. The highest BCUT2D eigenvalue weighted by molar-refractivity contribution is 14.1. The predicted molar refractivity (Wildman–Crippen MR) is 137 cm³/mol. The molecule has 1 saturated heterocycles. The molecule has 170 valence electrons.